The zero-order valence-electron chi connectivity index (χ0n) is 21.9. The van der Waals surface area contributed by atoms with Crippen LogP contribution in [0.15, 0.2) is 42.7 Å². The van der Waals surface area contributed by atoms with Gasteiger partial charge in [0.25, 0.3) is 11.8 Å². The Bertz CT molecular complexity index is 1610. The van der Waals surface area contributed by atoms with Crippen molar-refractivity contribution in [1.29, 1.82) is 0 Å². The van der Waals surface area contributed by atoms with E-state index >= 15 is 0 Å². The average Bonchev–Trinajstić information content (AvgIpc) is 3.62. The van der Waals surface area contributed by atoms with E-state index in [0.717, 1.165) is 29.0 Å². The highest BCUT2D eigenvalue weighted by atomic mass is 32.1. The summed E-state index contributed by atoms with van der Waals surface area (Å²) in [7, 11) is 0. The second kappa shape index (κ2) is 10.3. The summed E-state index contributed by atoms with van der Waals surface area (Å²) in [6.45, 7) is 8.65. The van der Waals surface area contributed by atoms with Gasteiger partial charge in [0.1, 0.15) is 22.9 Å². The quantitative estimate of drug-likeness (QED) is 0.338. The van der Waals surface area contributed by atoms with Crippen LogP contribution >= 0.6 is 11.3 Å². The molecule has 1 aliphatic rings. The minimum Gasteiger partial charge on any atom is -0.382 e. The van der Waals surface area contributed by atoms with Gasteiger partial charge in [0.15, 0.2) is 0 Å². The van der Waals surface area contributed by atoms with Crippen molar-refractivity contribution in [3.05, 3.63) is 64.6 Å². The Morgan fingerprint density at radius 1 is 1.24 bits per heavy atom. The summed E-state index contributed by atoms with van der Waals surface area (Å²) in [6, 6.07) is 9.46. The Morgan fingerprint density at radius 3 is 2.79 bits per heavy atom. The summed E-state index contributed by atoms with van der Waals surface area (Å²) in [6.07, 6.45) is 5.09. The van der Waals surface area contributed by atoms with Gasteiger partial charge in [-0.05, 0) is 73.9 Å². The highest BCUT2D eigenvalue weighted by molar-refractivity contribution is 7.17. The fourth-order valence-corrected chi connectivity index (χ4v) is 6.02. The van der Waals surface area contributed by atoms with E-state index in [1.165, 1.54) is 16.9 Å². The molecular formula is C29H30N6O2S. The maximum atomic E-state index is 13.1. The van der Waals surface area contributed by atoms with Crippen LogP contribution in [-0.2, 0) is 4.79 Å². The molecule has 194 valence electrons. The lowest BCUT2D eigenvalue weighted by Crippen LogP contribution is -2.30. The monoisotopic (exact) mass is 526 g/mol. The predicted molar refractivity (Wildman–Crippen MR) is 151 cm³/mol. The topological polar surface area (TPSA) is 106 Å². The Balaban J connectivity index is 1.48. The molecule has 8 nitrogen and oxygen atoms in total. The van der Waals surface area contributed by atoms with Crippen LogP contribution in [0.1, 0.15) is 72.2 Å². The van der Waals surface area contributed by atoms with Gasteiger partial charge in [-0.3, -0.25) is 14.0 Å². The van der Waals surface area contributed by atoms with E-state index in [1.54, 1.807) is 24.1 Å². The number of nitrogen functional groups attached to an aromatic ring is 1. The first kappa shape index (κ1) is 25.5. The molecule has 1 aliphatic heterocycles. The molecule has 0 radical (unpaired) electrons. The smallest absolute Gasteiger partial charge is 0.299 e. The summed E-state index contributed by atoms with van der Waals surface area (Å²) in [5, 5.41) is 3.01. The summed E-state index contributed by atoms with van der Waals surface area (Å²) >= 11 is 1.35. The first-order valence-electron chi connectivity index (χ1n) is 12.7. The van der Waals surface area contributed by atoms with Gasteiger partial charge in [-0.15, -0.1) is 11.3 Å². The van der Waals surface area contributed by atoms with Crippen LogP contribution in [0, 0.1) is 18.8 Å². The molecule has 0 spiro atoms. The summed E-state index contributed by atoms with van der Waals surface area (Å²) in [4.78, 5) is 38.1. The zero-order chi connectivity index (χ0) is 27.0. The normalized spacial score (nSPS) is 15.1. The molecule has 9 heteroatoms. The molecule has 0 saturated carbocycles. The second-order valence-corrected chi connectivity index (χ2v) is 10.8. The number of nitrogens with zero attached hydrogens (tertiary/aromatic N) is 4. The number of nitrogens with one attached hydrogen (secondary N) is 1. The zero-order valence-corrected chi connectivity index (χ0v) is 22.7. The van der Waals surface area contributed by atoms with Crippen LogP contribution in [0.25, 0.3) is 16.1 Å². The molecule has 1 atom stereocenters. The van der Waals surface area contributed by atoms with Gasteiger partial charge < -0.3 is 16.0 Å². The number of amides is 2. The SMILES string of the molecule is CC#CC(=O)N1CCC[C@H]1c1nc(-c2ccc(C(=O)Nc3ccc(C(C)C)c(C)c3)s2)c2c(N)nccn12. The number of anilines is 2. The maximum absolute atomic E-state index is 13.1. The van der Waals surface area contributed by atoms with E-state index in [-0.39, 0.29) is 17.9 Å². The molecule has 1 fully saturated rings. The lowest BCUT2D eigenvalue weighted by Gasteiger charge is -2.21. The number of fused-ring (bicyclic) bond motifs is 1. The van der Waals surface area contributed by atoms with Crippen molar-refractivity contribution in [3.8, 4) is 22.4 Å². The molecule has 1 aromatic carbocycles. The Morgan fingerprint density at radius 2 is 2.05 bits per heavy atom. The van der Waals surface area contributed by atoms with Crippen molar-refractivity contribution in [2.75, 3.05) is 17.6 Å². The predicted octanol–water partition coefficient (Wildman–Crippen LogP) is 5.41. The fraction of sp³-hybridized carbons (Fsp3) is 0.310. The molecule has 3 N–H and O–H groups in total. The number of imidazole rings is 1. The van der Waals surface area contributed by atoms with E-state index in [0.29, 0.717) is 40.2 Å². The van der Waals surface area contributed by atoms with Crippen molar-refractivity contribution in [3.63, 3.8) is 0 Å². The number of nitrogens with two attached hydrogens (primary N) is 1. The second-order valence-electron chi connectivity index (χ2n) is 9.73. The number of aryl methyl sites for hydroxylation is 1. The van der Waals surface area contributed by atoms with Crippen LogP contribution in [0.5, 0.6) is 0 Å². The van der Waals surface area contributed by atoms with E-state index in [2.05, 4.69) is 49.0 Å². The molecule has 0 bridgehead atoms. The van der Waals surface area contributed by atoms with Crippen LogP contribution in [0.2, 0.25) is 0 Å². The van der Waals surface area contributed by atoms with Gasteiger partial charge in [-0.1, -0.05) is 25.8 Å². The van der Waals surface area contributed by atoms with Crippen LogP contribution < -0.4 is 11.1 Å². The first-order chi connectivity index (χ1) is 18.3. The van der Waals surface area contributed by atoms with Gasteiger partial charge in [0, 0.05) is 24.6 Å². The number of hydrogen-bond acceptors (Lipinski definition) is 6. The highest BCUT2D eigenvalue weighted by Crippen LogP contribution is 2.38. The van der Waals surface area contributed by atoms with Gasteiger partial charge in [-0.25, -0.2) is 9.97 Å². The number of rotatable bonds is 5. The Hall–Kier alpha value is -4.16. The molecule has 1 saturated heterocycles. The van der Waals surface area contributed by atoms with Crippen molar-refractivity contribution < 1.29 is 9.59 Å². The first-order valence-corrected chi connectivity index (χ1v) is 13.5. The number of thiophene rings is 1. The van der Waals surface area contributed by atoms with Crippen molar-refractivity contribution in [2.24, 2.45) is 0 Å². The van der Waals surface area contributed by atoms with Gasteiger partial charge in [0.05, 0.1) is 15.8 Å². The van der Waals surface area contributed by atoms with Crippen molar-refractivity contribution in [2.45, 2.75) is 52.5 Å². The number of likely N-dealkylation sites (tertiary alicyclic amines) is 1. The summed E-state index contributed by atoms with van der Waals surface area (Å²) in [5.41, 5.74) is 10.8. The largest absolute Gasteiger partial charge is 0.382 e. The van der Waals surface area contributed by atoms with Crippen molar-refractivity contribution >= 4 is 40.2 Å². The minimum absolute atomic E-state index is 0.182. The number of hydrogen-bond donors (Lipinski definition) is 2. The summed E-state index contributed by atoms with van der Waals surface area (Å²) < 4.78 is 1.91. The lowest BCUT2D eigenvalue weighted by molar-refractivity contribution is -0.126. The van der Waals surface area contributed by atoms with Gasteiger partial charge >= 0.3 is 0 Å². The molecule has 0 aliphatic carbocycles. The molecule has 3 aromatic heterocycles. The average molecular weight is 527 g/mol. The highest BCUT2D eigenvalue weighted by Gasteiger charge is 2.34. The van der Waals surface area contributed by atoms with Crippen LogP contribution in [0.3, 0.4) is 0 Å². The Labute approximate surface area is 225 Å². The third-order valence-corrected chi connectivity index (χ3v) is 7.96. The van der Waals surface area contributed by atoms with E-state index in [4.69, 9.17) is 10.7 Å². The number of aromatic nitrogens is 3. The molecule has 5 rings (SSSR count). The maximum Gasteiger partial charge on any atom is 0.299 e. The minimum atomic E-state index is -0.216. The third kappa shape index (κ3) is 4.63. The van der Waals surface area contributed by atoms with Crippen LogP contribution in [-0.4, -0.2) is 37.6 Å². The van der Waals surface area contributed by atoms with Crippen LogP contribution in [0.4, 0.5) is 11.5 Å². The number of benzene rings is 1. The molecule has 4 aromatic rings. The summed E-state index contributed by atoms with van der Waals surface area (Å²) in [5.74, 6) is 6.44. The van der Waals surface area contributed by atoms with Gasteiger partial charge in [-0.2, -0.15) is 0 Å². The number of carbonyl (C=O) groups excluding carboxylic acids is 2. The molecule has 38 heavy (non-hydrogen) atoms. The lowest BCUT2D eigenvalue weighted by atomic mass is 9.98. The molecular weight excluding hydrogens is 496 g/mol. The standard InChI is InChI=1S/C29H30N6O2S/c1-5-7-24(36)34-14-6-8-21(34)28-33-25(26-27(30)31-13-15-35(26)28)22-11-12-23(38-22)29(37)32-19-9-10-20(17(2)3)18(4)16-19/h9-13,15-17,21H,6,8,14H2,1-4H3,(H2,30,31)(H,32,37)/t21-/m0/s1. The molecule has 4 heterocycles. The molecule has 2 amide bonds. The van der Waals surface area contributed by atoms with E-state index in [9.17, 15) is 9.59 Å². The Kier molecular flexibility index (Phi) is 6.91. The fourth-order valence-electron chi connectivity index (χ4n) is 5.13. The van der Waals surface area contributed by atoms with E-state index < -0.39 is 0 Å². The van der Waals surface area contributed by atoms with Gasteiger partial charge in [0.2, 0.25) is 0 Å². The van der Waals surface area contributed by atoms with Crippen molar-refractivity contribution in [1.82, 2.24) is 19.3 Å². The number of carbonyl (C=O) groups is 2. The van der Waals surface area contributed by atoms with E-state index in [1.807, 2.05) is 28.8 Å². The molecule has 0 unspecified atom stereocenters. The third-order valence-electron chi connectivity index (χ3n) is 6.87.